The van der Waals surface area contributed by atoms with Crippen LogP contribution in [0.15, 0.2) is 42.5 Å². The van der Waals surface area contributed by atoms with Crippen LogP contribution in [0.25, 0.3) is 0 Å². The third-order valence-electron chi connectivity index (χ3n) is 7.01. The van der Waals surface area contributed by atoms with Crippen molar-refractivity contribution in [3.8, 4) is 0 Å². The Labute approximate surface area is 206 Å². The molecule has 2 aliphatic rings. The smallest absolute Gasteiger partial charge is 0.317 e. The summed E-state index contributed by atoms with van der Waals surface area (Å²) in [6.45, 7) is 2.81. The third kappa shape index (κ3) is 6.15. The molecule has 0 amide bonds. The lowest BCUT2D eigenvalue weighted by Crippen LogP contribution is -2.49. The first-order chi connectivity index (χ1) is 16.5. The van der Waals surface area contributed by atoms with E-state index in [9.17, 15) is 9.59 Å². The zero-order valence-corrected chi connectivity index (χ0v) is 21.1. The van der Waals surface area contributed by atoms with Crippen LogP contribution in [-0.4, -0.2) is 31.3 Å². The van der Waals surface area contributed by atoms with Crippen LogP contribution < -0.4 is 0 Å². The zero-order chi connectivity index (χ0) is 24.0. The van der Waals surface area contributed by atoms with Gasteiger partial charge in [0.2, 0.25) is 0 Å². The van der Waals surface area contributed by atoms with Gasteiger partial charge in [0.15, 0.2) is 5.78 Å². The first-order valence-corrected chi connectivity index (χ1v) is 13.3. The number of thiophene rings is 1. The van der Waals surface area contributed by atoms with Crippen LogP contribution in [0.5, 0.6) is 0 Å². The summed E-state index contributed by atoms with van der Waals surface area (Å²) < 4.78 is 16.6. The molecule has 3 atom stereocenters. The Hall–Kier alpha value is -2.02. The van der Waals surface area contributed by atoms with E-state index in [0.29, 0.717) is 18.9 Å². The minimum absolute atomic E-state index is 0.0619. The molecule has 2 fully saturated rings. The SMILES string of the molecule is CCCC1(CCCc2ccccc2)CC(=O)C(C(c2ccc(COCOC)s2)C2CC2)C(=O)O1. The average molecular weight is 485 g/mol. The second-order valence-electron chi connectivity index (χ2n) is 9.74. The molecule has 2 aromatic rings. The molecular weight excluding hydrogens is 448 g/mol. The number of hydrogen-bond acceptors (Lipinski definition) is 6. The van der Waals surface area contributed by atoms with Gasteiger partial charge in [0.05, 0.1) is 6.61 Å². The second-order valence-corrected chi connectivity index (χ2v) is 10.9. The van der Waals surface area contributed by atoms with E-state index >= 15 is 0 Å². The molecule has 0 spiro atoms. The van der Waals surface area contributed by atoms with Crippen LogP contribution in [0, 0.1) is 11.8 Å². The highest BCUT2D eigenvalue weighted by molar-refractivity contribution is 7.12. The van der Waals surface area contributed by atoms with E-state index in [1.165, 1.54) is 5.56 Å². The third-order valence-corrected chi connectivity index (χ3v) is 8.17. The van der Waals surface area contributed by atoms with Gasteiger partial charge in [-0.1, -0.05) is 43.7 Å². The van der Waals surface area contributed by atoms with Crippen molar-refractivity contribution >= 4 is 23.1 Å². The van der Waals surface area contributed by atoms with Gasteiger partial charge in [0.25, 0.3) is 0 Å². The number of rotatable bonds is 13. The number of cyclic esters (lactones) is 1. The molecule has 6 heteroatoms. The Morgan fingerprint density at radius 2 is 1.91 bits per heavy atom. The van der Waals surface area contributed by atoms with Crippen molar-refractivity contribution in [2.75, 3.05) is 13.9 Å². The molecule has 1 aliphatic carbocycles. The second kappa shape index (κ2) is 11.6. The Morgan fingerprint density at radius 3 is 2.59 bits per heavy atom. The molecule has 1 aliphatic heterocycles. The average Bonchev–Trinajstić information content (AvgIpc) is 3.55. The number of ether oxygens (including phenoxy) is 3. The van der Waals surface area contributed by atoms with Crippen LogP contribution >= 0.6 is 11.3 Å². The first-order valence-electron chi connectivity index (χ1n) is 12.5. The van der Waals surface area contributed by atoms with E-state index in [-0.39, 0.29) is 24.5 Å². The van der Waals surface area contributed by atoms with Gasteiger partial charge in [-0.25, -0.2) is 0 Å². The molecule has 0 N–H and O–H groups in total. The molecule has 0 bridgehead atoms. The van der Waals surface area contributed by atoms with Crippen molar-refractivity contribution in [2.24, 2.45) is 11.8 Å². The Bertz CT molecular complexity index is 931. The number of carbonyl (C=O) groups excluding carboxylic acids is 2. The number of Topliss-reactive ketones (excluding diaryl/α,β-unsaturated/α-hetero) is 1. The number of esters is 1. The summed E-state index contributed by atoms with van der Waals surface area (Å²) in [4.78, 5) is 29.1. The highest BCUT2D eigenvalue weighted by Crippen LogP contribution is 2.51. The first kappa shape index (κ1) is 25.1. The standard InChI is InChI=1S/C28H36O5S/c1-3-15-28(16-7-10-20-8-5-4-6-9-20)17-23(29)26(27(30)33-28)25(21-11-12-21)24-14-13-22(34-24)18-32-19-31-2/h4-6,8-9,13-14,21,25-26H,3,7,10-12,15-19H2,1-2H3. The molecule has 1 saturated heterocycles. The molecule has 5 nitrogen and oxygen atoms in total. The molecule has 0 radical (unpaired) electrons. The van der Waals surface area contributed by atoms with Crippen molar-refractivity contribution in [1.82, 2.24) is 0 Å². The summed E-state index contributed by atoms with van der Waals surface area (Å²) in [5, 5.41) is 0. The summed E-state index contributed by atoms with van der Waals surface area (Å²) in [7, 11) is 1.60. The summed E-state index contributed by atoms with van der Waals surface area (Å²) >= 11 is 1.64. The van der Waals surface area contributed by atoms with Crippen LogP contribution in [-0.2, 0) is 36.8 Å². The van der Waals surface area contributed by atoms with Crippen molar-refractivity contribution in [3.05, 3.63) is 57.8 Å². The Morgan fingerprint density at radius 1 is 1.12 bits per heavy atom. The lowest BCUT2D eigenvalue weighted by atomic mass is 9.75. The van der Waals surface area contributed by atoms with Gasteiger partial charge in [-0.2, -0.15) is 0 Å². The number of methoxy groups -OCH3 is 1. The minimum atomic E-state index is -0.682. The number of hydrogen-bond donors (Lipinski definition) is 0. The van der Waals surface area contributed by atoms with Crippen molar-refractivity contribution in [2.45, 2.75) is 76.4 Å². The number of aryl methyl sites for hydroxylation is 1. The quantitative estimate of drug-likeness (QED) is 0.150. The highest BCUT2D eigenvalue weighted by Gasteiger charge is 2.52. The predicted molar refractivity (Wildman–Crippen MR) is 133 cm³/mol. The van der Waals surface area contributed by atoms with Crippen LogP contribution in [0.4, 0.5) is 0 Å². The Balaban J connectivity index is 1.45. The van der Waals surface area contributed by atoms with E-state index in [2.05, 4.69) is 25.1 Å². The molecule has 4 rings (SSSR count). The van der Waals surface area contributed by atoms with E-state index < -0.39 is 11.5 Å². The van der Waals surface area contributed by atoms with Crippen LogP contribution in [0.3, 0.4) is 0 Å². The normalized spacial score (nSPS) is 23.6. The van der Waals surface area contributed by atoms with Gasteiger partial charge >= 0.3 is 5.97 Å². The maximum absolute atomic E-state index is 13.6. The van der Waals surface area contributed by atoms with Gasteiger partial charge in [-0.3, -0.25) is 9.59 Å². The largest absolute Gasteiger partial charge is 0.458 e. The predicted octanol–water partition coefficient (Wildman–Crippen LogP) is 6.06. The summed E-state index contributed by atoms with van der Waals surface area (Å²) in [6.07, 6.45) is 6.64. The van der Waals surface area contributed by atoms with Crippen molar-refractivity contribution in [1.29, 1.82) is 0 Å². The van der Waals surface area contributed by atoms with Gasteiger partial charge in [-0.15, -0.1) is 11.3 Å². The fourth-order valence-electron chi connectivity index (χ4n) is 5.34. The minimum Gasteiger partial charge on any atom is -0.458 e. The summed E-state index contributed by atoms with van der Waals surface area (Å²) in [5.41, 5.74) is 0.619. The lowest BCUT2D eigenvalue weighted by molar-refractivity contribution is -0.181. The van der Waals surface area contributed by atoms with Gasteiger partial charge in [0.1, 0.15) is 18.3 Å². The maximum atomic E-state index is 13.6. The molecule has 1 aromatic carbocycles. The van der Waals surface area contributed by atoms with Gasteiger partial charge in [-0.05, 0) is 62.1 Å². The monoisotopic (exact) mass is 484 g/mol. The molecule has 1 saturated carbocycles. The van der Waals surface area contributed by atoms with Gasteiger partial charge < -0.3 is 14.2 Å². The van der Waals surface area contributed by atoms with E-state index in [1.807, 2.05) is 24.3 Å². The van der Waals surface area contributed by atoms with Crippen molar-refractivity contribution < 1.29 is 23.8 Å². The molecule has 1 aromatic heterocycles. The van der Waals surface area contributed by atoms with E-state index in [1.54, 1.807) is 18.4 Å². The fourth-order valence-corrected chi connectivity index (χ4v) is 6.52. The summed E-state index contributed by atoms with van der Waals surface area (Å²) in [5.74, 6) is -0.633. The molecular formula is C28H36O5S. The van der Waals surface area contributed by atoms with E-state index in [0.717, 1.165) is 54.7 Å². The number of benzene rings is 1. The highest BCUT2D eigenvalue weighted by atomic mass is 32.1. The topological polar surface area (TPSA) is 61.8 Å². The number of carbonyl (C=O) groups is 2. The lowest BCUT2D eigenvalue weighted by Gasteiger charge is -2.40. The van der Waals surface area contributed by atoms with Crippen molar-refractivity contribution in [3.63, 3.8) is 0 Å². The molecule has 184 valence electrons. The Kier molecular flexibility index (Phi) is 8.56. The fraction of sp³-hybridized carbons (Fsp3) is 0.571. The summed E-state index contributed by atoms with van der Waals surface area (Å²) in [6, 6.07) is 14.4. The molecule has 2 heterocycles. The molecule has 3 unspecified atom stereocenters. The molecule has 34 heavy (non-hydrogen) atoms. The van der Waals surface area contributed by atoms with Crippen LogP contribution in [0.2, 0.25) is 0 Å². The zero-order valence-electron chi connectivity index (χ0n) is 20.3. The van der Waals surface area contributed by atoms with Gasteiger partial charge in [0, 0.05) is 29.2 Å². The van der Waals surface area contributed by atoms with Crippen LogP contribution in [0.1, 0.15) is 73.1 Å². The maximum Gasteiger partial charge on any atom is 0.317 e. The number of ketones is 1. The van der Waals surface area contributed by atoms with E-state index in [4.69, 9.17) is 14.2 Å².